The van der Waals surface area contributed by atoms with Gasteiger partial charge in [-0.15, -0.1) is 4.98 Å². The predicted octanol–water partition coefficient (Wildman–Crippen LogP) is 5.24. The van der Waals surface area contributed by atoms with Crippen LogP contribution >= 0.6 is 0 Å². The van der Waals surface area contributed by atoms with Gasteiger partial charge in [0.15, 0.2) is 24.0 Å². The lowest BCUT2D eigenvalue weighted by Gasteiger charge is -2.59. The Morgan fingerprint density at radius 2 is 1.95 bits per heavy atom. The molecule has 220 valence electrons. The first-order chi connectivity index (χ1) is 20.1. The van der Waals surface area contributed by atoms with E-state index >= 15 is 0 Å². The molecule has 9 heteroatoms. The summed E-state index contributed by atoms with van der Waals surface area (Å²) in [5.41, 5.74) is 1.34. The Kier molecular flexibility index (Phi) is 6.38. The first-order valence-corrected chi connectivity index (χ1v) is 15.1. The summed E-state index contributed by atoms with van der Waals surface area (Å²) in [4.78, 5) is 37.9. The molecule has 8 nitrogen and oxygen atoms in total. The number of aliphatic hydroxyl groups excluding tert-OH is 1. The maximum atomic E-state index is 14.5. The van der Waals surface area contributed by atoms with Crippen molar-refractivity contribution in [2.75, 3.05) is 6.61 Å². The van der Waals surface area contributed by atoms with E-state index < -0.39 is 12.2 Å². The van der Waals surface area contributed by atoms with Crippen molar-refractivity contribution in [3.63, 3.8) is 0 Å². The summed E-state index contributed by atoms with van der Waals surface area (Å²) < 4.78 is 22.1. The molecule has 1 N–H and O–H groups in total. The number of nitrogens with zero attached hydrogens (tertiary/aromatic N) is 4. The second-order valence-corrected chi connectivity index (χ2v) is 13.4. The number of hydrogen-bond acceptors (Lipinski definition) is 7. The highest BCUT2D eigenvalue weighted by atomic mass is 19.1. The molecule has 0 amide bonds. The maximum absolute atomic E-state index is 14.5. The van der Waals surface area contributed by atoms with Crippen LogP contribution in [0.5, 0.6) is 6.01 Å². The minimum atomic E-state index is -0.967. The number of aryl methyl sites for hydroxylation is 1. The third-order valence-corrected chi connectivity index (χ3v) is 11.3. The van der Waals surface area contributed by atoms with Crippen molar-refractivity contribution >= 4 is 22.3 Å². The molecule has 0 bridgehead atoms. The van der Waals surface area contributed by atoms with Crippen molar-refractivity contribution in [2.45, 2.75) is 64.9 Å². The zero-order valence-electron chi connectivity index (χ0n) is 24.3. The van der Waals surface area contributed by atoms with Crippen LogP contribution in [0.4, 0.5) is 4.39 Å². The van der Waals surface area contributed by atoms with Gasteiger partial charge in [0.05, 0.1) is 11.8 Å². The summed E-state index contributed by atoms with van der Waals surface area (Å²) in [5, 5.41) is 13.5. The van der Waals surface area contributed by atoms with Gasteiger partial charge in [-0.05, 0) is 73.2 Å². The second-order valence-electron chi connectivity index (χ2n) is 13.4. The monoisotopic (exact) mass is 572 g/mol. The van der Waals surface area contributed by atoms with Crippen LogP contribution < -0.4 is 4.74 Å². The van der Waals surface area contributed by atoms with E-state index in [0.717, 1.165) is 42.9 Å². The number of allylic oxidation sites excluding steroid dienone is 1. The molecular weight excluding hydrogens is 535 g/mol. The average Bonchev–Trinajstić information content (AvgIpc) is 3.47. The van der Waals surface area contributed by atoms with Crippen molar-refractivity contribution in [1.29, 1.82) is 0 Å². The number of aliphatic hydroxyl groups is 1. The van der Waals surface area contributed by atoms with Gasteiger partial charge in [-0.3, -0.25) is 9.59 Å². The third-order valence-electron chi connectivity index (χ3n) is 11.3. The number of carbonyl (C=O) groups excluding carboxylic acids is 2. The SMILES string of the molecule is Cn1cc2ccccc2c1-c1nc(F)nc(OCC(=O)[C@H]2CCC3[C@@H]4CCC5=CC(=O)CC[C@]5(C)C4[C@@H](O)C[C@@]32C)n1. The number of halogens is 1. The van der Waals surface area contributed by atoms with Gasteiger partial charge in [0.1, 0.15) is 0 Å². The predicted molar refractivity (Wildman–Crippen MR) is 154 cm³/mol. The van der Waals surface area contributed by atoms with Crippen LogP contribution in [0, 0.1) is 40.6 Å². The number of fused-ring (bicyclic) bond motifs is 6. The second kappa shape index (κ2) is 9.79. The van der Waals surface area contributed by atoms with Gasteiger partial charge in [-0.25, -0.2) is 0 Å². The molecule has 0 radical (unpaired) electrons. The van der Waals surface area contributed by atoms with E-state index in [1.165, 1.54) is 5.57 Å². The summed E-state index contributed by atoms with van der Waals surface area (Å²) in [7, 11) is 1.85. The third kappa shape index (κ3) is 4.14. The Hall–Kier alpha value is -3.46. The van der Waals surface area contributed by atoms with E-state index in [4.69, 9.17) is 4.74 Å². The van der Waals surface area contributed by atoms with Crippen LogP contribution in [0.1, 0.15) is 58.8 Å². The van der Waals surface area contributed by atoms with Gasteiger partial charge in [-0.1, -0.05) is 43.7 Å². The molecule has 7 rings (SSSR count). The molecule has 2 aromatic heterocycles. The number of aromatic nitrogens is 4. The molecule has 2 unspecified atom stereocenters. The van der Waals surface area contributed by atoms with E-state index in [0.29, 0.717) is 30.4 Å². The Balaban J connectivity index is 1.10. The van der Waals surface area contributed by atoms with Crippen molar-refractivity contribution in [2.24, 2.45) is 41.5 Å². The molecule has 42 heavy (non-hydrogen) atoms. The number of ketones is 2. The standard InChI is InChI=1S/C33H37FN4O4/c1-32-13-12-20(39)14-19(32)8-9-22-23-10-11-24(33(23,2)15-25(40)27(22)32)26(41)17-42-31-36-29(35-30(34)37-31)28-21-7-5-4-6-18(21)16-38(28)3/h4-7,14,16,22-25,27,40H,8-13,15,17H2,1-3H3/t22-,23?,24+,25-,27?,32-,33-/m0/s1. The van der Waals surface area contributed by atoms with Crippen molar-refractivity contribution in [1.82, 2.24) is 19.5 Å². The van der Waals surface area contributed by atoms with Crippen LogP contribution in [0.15, 0.2) is 42.1 Å². The number of carbonyl (C=O) groups is 2. The molecule has 3 fully saturated rings. The van der Waals surface area contributed by atoms with Crippen LogP contribution in [0.25, 0.3) is 22.3 Å². The highest BCUT2D eigenvalue weighted by Gasteiger charge is 2.62. The Morgan fingerprint density at radius 3 is 2.79 bits per heavy atom. The number of Topliss-reactive ketones (excluding diaryl/α,β-unsaturated/α-hetero) is 1. The minimum absolute atomic E-state index is 0.0665. The minimum Gasteiger partial charge on any atom is -0.455 e. The van der Waals surface area contributed by atoms with Crippen molar-refractivity contribution < 1.29 is 23.8 Å². The number of rotatable bonds is 5. The smallest absolute Gasteiger partial charge is 0.322 e. The van der Waals surface area contributed by atoms with Crippen molar-refractivity contribution in [3.05, 3.63) is 48.2 Å². The van der Waals surface area contributed by atoms with Crippen molar-refractivity contribution in [3.8, 4) is 17.5 Å². The average molecular weight is 573 g/mol. The van der Waals surface area contributed by atoms with Gasteiger partial charge >= 0.3 is 12.1 Å². The fraction of sp³-hybridized carbons (Fsp3) is 0.545. The summed E-state index contributed by atoms with van der Waals surface area (Å²) in [6.07, 6.45) is 7.64. The fourth-order valence-electron chi connectivity index (χ4n) is 9.52. The topological polar surface area (TPSA) is 107 Å². The molecule has 3 aromatic rings. The van der Waals surface area contributed by atoms with E-state index in [1.807, 2.05) is 48.2 Å². The zero-order chi connectivity index (χ0) is 29.4. The van der Waals surface area contributed by atoms with Crippen LogP contribution in [0.3, 0.4) is 0 Å². The Morgan fingerprint density at radius 1 is 1.14 bits per heavy atom. The summed E-state index contributed by atoms with van der Waals surface area (Å²) in [6.45, 7) is 4.13. The molecule has 3 saturated carbocycles. The van der Waals surface area contributed by atoms with E-state index in [9.17, 15) is 19.1 Å². The highest BCUT2D eigenvalue weighted by molar-refractivity contribution is 5.94. The molecular formula is C33H37FN4O4. The van der Waals surface area contributed by atoms with Gasteiger partial charge < -0.3 is 14.4 Å². The number of benzene rings is 1. The molecule has 0 aliphatic heterocycles. The normalized spacial score (nSPS) is 34.0. The van der Waals surface area contributed by atoms with Gasteiger partial charge in [0.25, 0.3) is 0 Å². The molecule has 4 aliphatic carbocycles. The molecule has 7 atom stereocenters. The summed E-state index contributed by atoms with van der Waals surface area (Å²) in [6, 6.07) is 7.50. The van der Waals surface area contributed by atoms with Crippen LogP contribution in [-0.2, 0) is 16.6 Å². The Labute approximate surface area is 244 Å². The zero-order valence-corrected chi connectivity index (χ0v) is 24.3. The lowest BCUT2D eigenvalue weighted by atomic mass is 9.46. The quantitative estimate of drug-likeness (QED) is 0.446. The maximum Gasteiger partial charge on any atom is 0.322 e. The van der Waals surface area contributed by atoms with Gasteiger partial charge in [0, 0.05) is 36.4 Å². The number of hydrogen-bond donors (Lipinski definition) is 1. The molecule has 1 aromatic carbocycles. The fourth-order valence-corrected chi connectivity index (χ4v) is 9.52. The van der Waals surface area contributed by atoms with E-state index in [-0.39, 0.29) is 52.7 Å². The highest BCUT2D eigenvalue weighted by Crippen LogP contribution is 2.66. The van der Waals surface area contributed by atoms with Crippen LogP contribution in [0.2, 0.25) is 0 Å². The largest absolute Gasteiger partial charge is 0.455 e. The molecule has 0 saturated heterocycles. The van der Waals surface area contributed by atoms with Gasteiger partial charge in [-0.2, -0.15) is 14.4 Å². The molecule has 4 aliphatic rings. The van der Waals surface area contributed by atoms with E-state index in [2.05, 4.69) is 28.8 Å². The van der Waals surface area contributed by atoms with Crippen LogP contribution in [-0.4, -0.2) is 48.9 Å². The first-order valence-electron chi connectivity index (χ1n) is 15.1. The molecule has 2 heterocycles. The summed E-state index contributed by atoms with van der Waals surface area (Å²) in [5.74, 6) is 0.753. The summed E-state index contributed by atoms with van der Waals surface area (Å²) >= 11 is 0. The Bertz CT molecular complexity index is 1630. The lowest BCUT2D eigenvalue weighted by Crippen LogP contribution is -2.57. The van der Waals surface area contributed by atoms with E-state index in [1.54, 1.807) is 0 Å². The molecule has 0 spiro atoms. The lowest BCUT2D eigenvalue weighted by molar-refractivity contribution is -0.146. The van der Waals surface area contributed by atoms with Gasteiger partial charge in [0.2, 0.25) is 0 Å². The first kappa shape index (κ1) is 27.4. The number of ether oxygens (including phenoxy) is 1.